The zero-order valence-corrected chi connectivity index (χ0v) is 8.52. The third-order valence-corrected chi connectivity index (χ3v) is 1.50. The summed E-state index contributed by atoms with van der Waals surface area (Å²) in [5, 5.41) is 0. The third-order valence-electron chi connectivity index (χ3n) is 1.50. The molecule has 1 nitrogen and oxygen atoms in total. The molecular formula is C11H15FO. The van der Waals surface area contributed by atoms with Crippen LogP contribution in [0.15, 0.2) is 18.2 Å². The molecule has 0 saturated heterocycles. The first-order chi connectivity index (χ1) is 5.88. The van der Waals surface area contributed by atoms with Gasteiger partial charge >= 0.3 is 0 Å². The molecule has 0 amide bonds. The van der Waals surface area contributed by atoms with E-state index in [2.05, 4.69) is 0 Å². The molecule has 0 aliphatic carbocycles. The van der Waals surface area contributed by atoms with Gasteiger partial charge < -0.3 is 4.74 Å². The van der Waals surface area contributed by atoms with Gasteiger partial charge in [-0.05, 0) is 45.4 Å². The second-order valence-corrected chi connectivity index (χ2v) is 4.15. The first-order valence-electron chi connectivity index (χ1n) is 4.34. The normalized spacial score (nSPS) is 11.5. The number of halogens is 1. The van der Waals surface area contributed by atoms with Gasteiger partial charge in [-0.2, -0.15) is 0 Å². The molecule has 1 aromatic rings. The lowest BCUT2D eigenvalue weighted by molar-refractivity contribution is 0.124. The van der Waals surface area contributed by atoms with E-state index in [4.69, 9.17) is 4.74 Å². The SMILES string of the molecule is Cc1ccc(OC(C)(C)C)c(F)c1. The van der Waals surface area contributed by atoms with E-state index in [0.29, 0.717) is 5.75 Å². The largest absolute Gasteiger partial charge is 0.485 e. The fourth-order valence-corrected chi connectivity index (χ4v) is 1.02. The fraction of sp³-hybridized carbons (Fsp3) is 0.455. The van der Waals surface area contributed by atoms with Gasteiger partial charge in [0.1, 0.15) is 5.60 Å². The van der Waals surface area contributed by atoms with Gasteiger partial charge in [-0.25, -0.2) is 4.39 Å². The molecule has 13 heavy (non-hydrogen) atoms. The van der Waals surface area contributed by atoms with Crippen molar-refractivity contribution < 1.29 is 9.13 Å². The molecule has 0 bridgehead atoms. The predicted molar refractivity (Wildman–Crippen MR) is 51.5 cm³/mol. The lowest BCUT2D eigenvalue weighted by atomic mass is 10.2. The number of aryl methyl sites for hydroxylation is 1. The summed E-state index contributed by atoms with van der Waals surface area (Å²) in [4.78, 5) is 0. The summed E-state index contributed by atoms with van der Waals surface area (Å²) < 4.78 is 18.7. The standard InChI is InChI=1S/C11H15FO/c1-8-5-6-10(9(12)7-8)13-11(2,3)4/h5-7H,1-4H3. The van der Waals surface area contributed by atoms with E-state index in [9.17, 15) is 4.39 Å². The van der Waals surface area contributed by atoms with Crippen LogP contribution < -0.4 is 4.74 Å². The van der Waals surface area contributed by atoms with Crippen molar-refractivity contribution in [2.45, 2.75) is 33.3 Å². The van der Waals surface area contributed by atoms with Crippen molar-refractivity contribution >= 4 is 0 Å². The second-order valence-electron chi connectivity index (χ2n) is 4.15. The number of benzene rings is 1. The minimum absolute atomic E-state index is 0.296. The van der Waals surface area contributed by atoms with E-state index in [1.54, 1.807) is 6.07 Å². The minimum atomic E-state index is -0.351. The third kappa shape index (κ3) is 3.05. The number of rotatable bonds is 1. The van der Waals surface area contributed by atoms with E-state index < -0.39 is 0 Å². The van der Waals surface area contributed by atoms with Gasteiger partial charge in [-0.3, -0.25) is 0 Å². The average molecular weight is 182 g/mol. The topological polar surface area (TPSA) is 9.23 Å². The van der Waals surface area contributed by atoms with Crippen LogP contribution in [0.1, 0.15) is 26.3 Å². The van der Waals surface area contributed by atoms with Gasteiger partial charge in [0.25, 0.3) is 0 Å². The molecule has 0 saturated carbocycles. The molecule has 0 aliphatic heterocycles. The molecule has 1 aromatic carbocycles. The quantitative estimate of drug-likeness (QED) is 0.647. The van der Waals surface area contributed by atoms with Crippen LogP contribution in [-0.4, -0.2) is 5.60 Å². The van der Waals surface area contributed by atoms with Gasteiger partial charge in [0.05, 0.1) is 0 Å². The molecule has 0 spiro atoms. The Kier molecular flexibility index (Phi) is 2.60. The maximum Gasteiger partial charge on any atom is 0.165 e. The zero-order chi connectivity index (χ0) is 10.1. The van der Waals surface area contributed by atoms with Crippen molar-refractivity contribution in [1.29, 1.82) is 0 Å². The molecule has 0 aliphatic rings. The summed E-state index contributed by atoms with van der Waals surface area (Å²) in [6.07, 6.45) is 0. The molecule has 0 unspecified atom stereocenters. The first-order valence-corrected chi connectivity index (χ1v) is 4.34. The predicted octanol–water partition coefficient (Wildman–Crippen LogP) is 3.31. The van der Waals surface area contributed by atoms with Gasteiger partial charge in [0.15, 0.2) is 11.6 Å². The van der Waals surface area contributed by atoms with Crippen LogP contribution in [0.3, 0.4) is 0 Å². The van der Waals surface area contributed by atoms with Crippen molar-refractivity contribution in [2.75, 3.05) is 0 Å². The Morgan fingerprint density at radius 2 is 1.85 bits per heavy atom. The van der Waals surface area contributed by atoms with Crippen molar-refractivity contribution in [3.8, 4) is 5.75 Å². The Balaban J connectivity index is 2.90. The maximum atomic E-state index is 13.3. The summed E-state index contributed by atoms with van der Waals surface area (Å²) in [5.41, 5.74) is 0.551. The Hall–Kier alpha value is -1.05. The van der Waals surface area contributed by atoms with Crippen LogP contribution in [0.25, 0.3) is 0 Å². The van der Waals surface area contributed by atoms with Gasteiger partial charge in [-0.1, -0.05) is 6.07 Å². The molecule has 0 aromatic heterocycles. The molecule has 0 heterocycles. The molecule has 0 radical (unpaired) electrons. The van der Waals surface area contributed by atoms with Crippen LogP contribution in [0.2, 0.25) is 0 Å². The molecule has 0 atom stereocenters. The van der Waals surface area contributed by atoms with E-state index >= 15 is 0 Å². The van der Waals surface area contributed by atoms with Gasteiger partial charge in [0, 0.05) is 0 Å². The first kappa shape index (κ1) is 10.0. The van der Waals surface area contributed by atoms with Crippen LogP contribution >= 0.6 is 0 Å². The molecule has 1 rings (SSSR count). The van der Waals surface area contributed by atoms with Crippen molar-refractivity contribution in [3.63, 3.8) is 0 Å². The van der Waals surface area contributed by atoms with E-state index in [0.717, 1.165) is 5.56 Å². The van der Waals surface area contributed by atoms with Crippen molar-refractivity contribution in [2.24, 2.45) is 0 Å². The van der Waals surface area contributed by atoms with Crippen LogP contribution in [-0.2, 0) is 0 Å². The Morgan fingerprint density at radius 3 is 2.31 bits per heavy atom. The number of hydrogen-bond donors (Lipinski definition) is 0. The van der Waals surface area contributed by atoms with E-state index in [1.165, 1.54) is 6.07 Å². The summed E-state index contributed by atoms with van der Waals surface area (Å²) in [7, 11) is 0. The highest BCUT2D eigenvalue weighted by atomic mass is 19.1. The highest BCUT2D eigenvalue weighted by molar-refractivity contribution is 5.28. The Labute approximate surface area is 78.5 Å². The average Bonchev–Trinajstić information content (AvgIpc) is 1.93. The summed E-state index contributed by atoms with van der Waals surface area (Å²) in [5.74, 6) is 0.0213. The number of ether oxygens (including phenoxy) is 1. The molecule has 0 fully saturated rings. The van der Waals surface area contributed by atoms with Gasteiger partial charge in [-0.15, -0.1) is 0 Å². The minimum Gasteiger partial charge on any atom is -0.485 e. The molecule has 0 N–H and O–H groups in total. The fourth-order valence-electron chi connectivity index (χ4n) is 1.02. The van der Waals surface area contributed by atoms with Crippen molar-refractivity contribution in [1.82, 2.24) is 0 Å². The zero-order valence-electron chi connectivity index (χ0n) is 8.52. The molecule has 2 heteroatoms. The smallest absolute Gasteiger partial charge is 0.165 e. The van der Waals surface area contributed by atoms with Crippen LogP contribution in [0, 0.1) is 12.7 Å². The molecular weight excluding hydrogens is 167 g/mol. The highest BCUT2D eigenvalue weighted by Crippen LogP contribution is 2.22. The van der Waals surface area contributed by atoms with Crippen LogP contribution in [0.5, 0.6) is 5.75 Å². The highest BCUT2D eigenvalue weighted by Gasteiger charge is 2.14. The van der Waals surface area contributed by atoms with Crippen molar-refractivity contribution in [3.05, 3.63) is 29.6 Å². The Bertz CT molecular complexity index is 299. The lowest BCUT2D eigenvalue weighted by Gasteiger charge is -2.21. The Morgan fingerprint density at radius 1 is 1.23 bits per heavy atom. The molecule has 72 valence electrons. The van der Waals surface area contributed by atoms with Crippen LogP contribution in [0.4, 0.5) is 4.39 Å². The second kappa shape index (κ2) is 3.36. The van der Waals surface area contributed by atoms with E-state index in [1.807, 2.05) is 33.8 Å². The van der Waals surface area contributed by atoms with Gasteiger partial charge in [0.2, 0.25) is 0 Å². The number of hydrogen-bond acceptors (Lipinski definition) is 1. The lowest BCUT2D eigenvalue weighted by Crippen LogP contribution is -2.23. The monoisotopic (exact) mass is 182 g/mol. The van der Waals surface area contributed by atoms with E-state index in [-0.39, 0.29) is 11.4 Å². The summed E-state index contributed by atoms with van der Waals surface area (Å²) in [6, 6.07) is 4.97. The maximum absolute atomic E-state index is 13.3. The summed E-state index contributed by atoms with van der Waals surface area (Å²) >= 11 is 0. The summed E-state index contributed by atoms with van der Waals surface area (Å²) in [6.45, 7) is 7.54.